The number of anilines is 5. The monoisotopic (exact) mass is 944 g/mol. The van der Waals surface area contributed by atoms with Gasteiger partial charge in [-0.15, -0.1) is 0 Å². The summed E-state index contributed by atoms with van der Waals surface area (Å²) in [6.45, 7) is 11.5. The third-order valence-electron chi connectivity index (χ3n) is 12.4. The highest BCUT2D eigenvalue weighted by atomic mass is 79.9. The van der Waals surface area contributed by atoms with Crippen LogP contribution in [-0.4, -0.2) is 114 Å². The minimum absolute atomic E-state index is 0.00696. The lowest BCUT2D eigenvalue weighted by Crippen LogP contribution is -2.53. The molecular weight excluding hydrogens is 893 g/mol. The number of piperazine rings is 1. The highest BCUT2D eigenvalue weighted by Gasteiger charge is 2.32. The smallest absolute Gasteiger partial charge is 0.234 e. The predicted octanol–water partition coefficient (Wildman–Crippen LogP) is 7.12. The Morgan fingerprint density at radius 3 is 2.38 bits per heavy atom. The number of rotatable bonds is 13. The number of aromatic nitrogens is 4. The molecule has 0 bridgehead atoms. The number of methoxy groups -OCH3 is 1. The van der Waals surface area contributed by atoms with Crippen LogP contribution in [0, 0.1) is 11.6 Å². The van der Waals surface area contributed by atoms with Gasteiger partial charge in [0.2, 0.25) is 17.8 Å². The van der Waals surface area contributed by atoms with Gasteiger partial charge in [-0.1, -0.05) is 6.92 Å². The second-order valence-corrected chi connectivity index (χ2v) is 20.7. The SMILES string of the molecule is CCc1cc(Nc2ncc(Br)c(Nc3ccc4nccnc4c3P(C)(C)=O)n2)c(OC)cc1N1CCC(N2CCN(CCc3cc(F)c(C4CCC(=O)NC4=O)cc3F)CC2)CC1. The van der Waals surface area contributed by atoms with Gasteiger partial charge in [0.05, 0.1) is 39.7 Å². The zero-order valence-corrected chi connectivity index (χ0v) is 38.4. The molecule has 0 spiro atoms. The number of carbonyl (C=O) groups is 2. The molecule has 18 heteroatoms. The zero-order valence-electron chi connectivity index (χ0n) is 35.9. The first-order valence-corrected chi connectivity index (χ1v) is 24.8. The van der Waals surface area contributed by atoms with Gasteiger partial charge in [0.15, 0.2) is 0 Å². The average molecular weight is 946 g/mol. The second kappa shape index (κ2) is 18.9. The maximum Gasteiger partial charge on any atom is 0.234 e. The maximum absolute atomic E-state index is 15.1. The van der Waals surface area contributed by atoms with Crippen LogP contribution in [0.15, 0.2) is 59.5 Å². The van der Waals surface area contributed by atoms with Crippen molar-refractivity contribution in [3.63, 3.8) is 0 Å². The van der Waals surface area contributed by atoms with Gasteiger partial charge in [0.25, 0.3) is 0 Å². The molecule has 3 aromatic carbocycles. The summed E-state index contributed by atoms with van der Waals surface area (Å²) in [5.41, 5.74) is 5.24. The normalized spacial score (nSPS) is 18.1. The van der Waals surface area contributed by atoms with Gasteiger partial charge < -0.3 is 29.7 Å². The molecule has 3 fully saturated rings. The highest BCUT2D eigenvalue weighted by molar-refractivity contribution is 9.10. The van der Waals surface area contributed by atoms with Crippen molar-refractivity contribution in [2.75, 3.05) is 81.8 Å². The Kier molecular flexibility index (Phi) is 13.4. The lowest BCUT2D eigenvalue weighted by molar-refractivity contribution is -0.134. The van der Waals surface area contributed by atoms with E-state index in [4.69, 9.17) is 9.72 Å². The fraction of sp³-hybridized carbons (Fsp3) is 0.422. The number of piperidine rings is 2. The number of benzene rings is 3. The van der Waals surface area contributed by atoms with Gasteiger partial charge in [-0.3, -0.25) is 29.8 Å². The molecule has 2 aromatic heterocycles. The molecule has 0 radical (unpaired) electrons. The Morgan fingerprint density at radius 1 is 0.905 bits per heavy atom. The molecule has 63 heavy (non-hydrogen) atoms. The van der Waals surface area contributed by atoms with E-state index in [0.717, 1.165) is 76.0 Å². The number of halogens is 3. The third-order valence-corrected chi connectivity index (χ3v) is 14.5. The minimum Gasteiger partial charge on any atom is -0.494 e. The number of nitrogens with one attached hydrogen (secondary N) is 3. The molecule has 3 aliphatic heterocycles. The summed E-state index contributed by atoms with van der Waals surface area (Å²) in [6, 6.07) is 10.7. The molecule has 8 rings (SSSR count). The number of fused-ring (bicyclic) bond motifs is 1. The first kappa shape index (κ1) is 44.5. The Morgan fingerprint density at radius 2 is 1.67 bits per heavy atom. The van der Waals surface area contributed by atoms with Crippen LogP contribution in [0.25, 0.3) is 11.0 Å². The lowest BCUT2D eigenvalue weighted by atomic mass is 9.89. The topological polar surface area (TPSA) is 158 Å². The first-order valence-electron chi connectivity index (χ1n) is 21.4. The number of ether oxygens (including phenoxy) is 1. The van der Waals surface area contributed by atoms with Gasteiger partial charge in [-0.25, -0.2) is 13.8 Å². The number of aryl methyl sites for hydroxylation is 1. The third kappa shape index (κ3) is 9.86. The standard InChI is InChI=1S/C45H52BrF2N10O4P/c1-5-27-23-37(53-45-51-26-32(46)43(55-45)52-36-8-7-35-41(50-14-13-49-35)42(36)63(3,4)61)39(62-2)25-38(27)58-16-11-29(12-17-58)57-20-18-56(19-21-57)15-10-28-22-34(48)31(24-33(28)47)30-6-9-40(59)54-44(30)60/h7-8,13-14,22-26,29-30H,5-6,9-12,15-21H2,1-4H3,(H,54,59,60)(H2,51,52,53,55). The van der Waals surface area contributed by atoms with E-state index in [1.807, 2.05) is 12.1 Å². The van der Waals surface area contributed by atoms with E-state index in [9.17, 15) is 14.2 Å². The zero-order chi connectivity index (χ0) is 44.4. The van der Waals surface area contributed by atoms with E-state index >= 15 is 8.78 Å². The van der Waals surface area contributed by atoms with E-state index in [2.05, 4.69) is 80.6 Å². The average Bonchev–Trinajstić information content (AvgIpc) is 3.27. The summed E-state index contributed by atoms with van der Waals surface area (Å²) in [5.74, 6) is -1.44. The summed E-state index contributed by atoms with van der Waals surface area (Å²) in [6.07, 6.45) is 8.39. The van der Waals surface area contributed by atoms with Crippen LogP contribution >= 0.6 is 23.1 Å². The molecule has 332 valence electrons. The molecule has 2 amide bonds. The van der Waals surface area contributed by atoms with Crippen molar-refractivity contribution in [1.29, 1.82) is 0 Å². The van der Waals surface area contributed by atoms with E-state index in [1.165, 1.54) is 11.6 Å². The highest BCUT2D eigenvalue weighted by Crippen LogP contribution is 2.42. The molecule has 1 atom stereocenters. The van der Waals surface area contributed by atoms with Crippen LogP contribution in [0.2, 0.25) is 0 Å². The Bertz CT molecular complexity index is 2580. The van der Waals surface area contributed by atoms with Crippen molar-refractivity contribution in [3.05, 3.63) is 87.8 Å². The van der Waals surface area contributed by atoms with Gasteiger partial charge in [-0.05, 0) is 103 Å². The van der Waals surface area contributed by atoms with Gasteiger partial charge >= 0.3 is 0 Å². The lowest BCUT2D eigenvalue weighted by Gasteiger charge is -2.43. The fourth-order valence-corrected chi connectivity index (χ4v) is 10.7. The summed E-state index contributed by atoms with van der Waals surface area (Å²) < 4.78 is 50.3. The van der Waals surface area contributed by atoms with Crippen LogP contribution in [0.4, 0.5) is 37.6 Å². The quantitative estimate of drug-likeness (QED) is 0.0811. The molecule has 5 heterocycles. The van der Waals surface area contributed by atoms with Gasteiger partial charge in [0, 0.05) is 94.2 Å². The number of hydrogen-bond acceptors (Lipinski definition) is 13. The summed E-state index contributed by atoms with van der Waals surface area (Å²) in [7, 11) is -1.13. The number of nitrogens with zero attached hydrogens (tertiary/aromatic N) is 7. The van der Waals surface area contributed by atoms with Crippen LogP contribution in [-0.2, 0) is 27.0 Å². The van der Waals surface area contributed by atoms with Crippen LogP contribution in [0.3, 0.4) is 0 Å². The van der Waals surface area contributed by atoms with Crippen molar-refractivity contribution in [1.82, 2.24) is 35.1 Å². The molecule has 3 saturated heterocycles. The van der Waals surface area contributed by atoms with Crippen molar-refractivity contribution >= 4 is 80.1 Å². The van der Waals surface area contributed by atoms with Crippen LogP contribution in [0.5, 0.6) is 5.75 Å². The number of hydrogen-bond donors (Lipinski definition) is 3. The van der Waals surface area contributed by atoms with Crippen molar-refractivity contribution in [2.24, 2.45) is 0 Å². The Labute approximate surface area is 374 Å². The minimum atomic E-state index is -2.79. The van der Waals surface area contributed by atoms with E-state index in [0.29, 0.717) is 68.6 Å². The largest absolute Gasteiger partial charge is 0.494 e. The molecule has 0 aliphatic carbocycles. The van der Waals surface area contributed by atoms with Crippen molar-refractivity contribution in [2.45, 2.75) is 57.4 Å². The maximum atomic E-state index is 15.1. The molecule has 1 unspecified atom stereocenters. The van der Waals surface area contributed by atoms with Crippen molar-refractivity contribution < 1.29 is 27.7 Å². The summed E-state index contributed by atoms with van der Waals surface area (Å²) in [5, 5.41) is 9.57. The molecule has 14 nitrogen and oxygen atoms in total. The van der Waals surface area contributed by atoms with Crippen LogP contribution < -0.4 is 30.9 Å². The van der Waals surface area contributed by atoms with Gasteiger partial charge in [-0.2, -0.15) is 4.98 Å². The van der Waals surface area contributed by atoms with Gasteiger partial charge in [0.1, 0.15) is 35.9 Å². The molecular formula is C45H52BrF2N10O4P. The number of carbonyl (C=O) groups excluding carboxylic acids is 2. The summed E-state index contributed by atoms with van der Waals surface area (Å²) >= 11 is 3.58. The van der Waals surface area contributed by atoms with Crippen molar-refractivity contribution in [3.8, 4) is 5.75 Å². The molecule has 0 saturated carbocycles. The molecule has 5 aromatic rings. The molecule has 3 N–H and O–H groups in total. The summed E-state index contributed by atoms with van der Waals surface area (Å²) in [4.78, 5) is 49.3. The second-order valence-electron chi connectivity index (χ2n) is 16.7. The number of imide groups is 1. The predicted molar refractivity (Wildman–Crippen MR) is 246 cm³/mol. The van der Waals surface area contributed by atoms with E-state index in [1.54, 1.807) is 39.0 Å². The van der Waals surface area contributed by atoms with Crippen LogP contribution in [0.1, 0.15) is 55.2 Å². The molecule has 3 aliphatic rings. The van der Waals surface area contributed by atoms with E-state index < -0.39 is 30.6 Å². The Balaban J connectivity index is 0.869. The van der Waals surface area contributed by atoms with E-state index in [-0.39, 0.29) is 24.3 Å². The number of amides is 2. The fourth-order valence-electron chi connectivity index (χ4n) is 9.04. The Hall–Kier alpha value is -5.09. The first-order chi connectivity index (χ1) is 30.3.